The van der Waals surface area contributed by atoms with Gasteiger partial charge in [0.05, 0.1) is 19.8 Å². The fraction of sp³-hybridized carbons (Fsp3) is 0.519. The summed E-state index contributed by atoms with van der Waals surface area (Å²) in [5.74, 6) is 0.806. The van der Waals surface area contributed by atoms with E-state index >= 15 is 0 Å². The van der Waals surface area contributed by atoms with E-state index in [0.717, 1.165) is 22.4 Å². The molecular weight excluding hydrogens is 404 g/mol. The van der Waals surface area contributed by atoms with Crippen LogP contribution in [0.5, 0.6) is 11.5 Å². The summed E-state index contributed by atoms with van der Waals surface area (Å²) < 4.78 is 22.0. The van der Waals surface area contributed by atoms with Crippen LogP contribution in [-0.2, 0) is 25.1 Å². The van der Waals surface area contributed by atoms with E-state index < -0.39 is 5.92 Å². The molecule has 0 amide bonds. The van der Waals surface area contributed by atoms with Crippen molar-refractivity contribution in [2.24, 2.45) is 0 Å². The van der Waals surface area contributed by atoms with Gasteiger partial charge in [-0.2, -0.15) is 0 Å². The van der Waals surface area contributed by atoms with Crippen molar-refractivity contribution >= 4 is 5.97 Å². The van der Waals surface area contributed by atoms with Crippen molar-refractivity contribution in [2.75, 3.05) is 33.5 Å². The van der Waals surface area contributed by atoms with Gasteiger partial charge in [-0.1, -0.05) is 65.8 Å². The van der Waals surface area contributed by atoms with Crippen LogP contribution in [-0.4, -0.2) is 39.5 Å². The molecule has 5 nitrogen and oxygen atoms in total. The van der Waals surface area contributed by atoms with Gasteiger partial charge >= 0.3 is 5.97 Å². The zero-order chi connectivity index (χ0) is 23.5. The Hall–Kier alpha value is -2.37. The van der Waals surface area contributed by atoms with Gasteiger partial charge in [0.25, 0.3) is 0 Å². The second-order valence-electron chi connectivity index (χ2n) is 10.3. The summed E-state index contributed by atoms with van der Waals surface area (Å²) >= 11 is 0. The third-order valence-corrected chi connectivity index (χ3v) is 5.68. The van der Waals surface area contributed by atoms with Gasteiger partial charge in [-0.05, 0) is 34.1 Å². The molecule has 0 aliphatic carbocycles. The molecule has 0 bridgehead atoms. The summed E-state index contributed by atoms with van der Waals surface area (Å²) in [6.45, 7) is 15.1. The number of benzene rings is 2. The van der Waals surface area contributed by atoms with Crippen LogP contribution < -0.4 is 9.47 Å². The second-order valence-corrected chi connectivity index (χ2v) is 10.3. The van der Waals surface area contributed by atoms with Crippen molar-refractivity contribution in [1.82, 2.24) is 0 Å². The first-order chi connectivity index (χ1) is 15.0. The lowest BCUT2D eigenvalue weighted by Gasteiger charge is -2.27. The highest BCUT2D eigenvalue weighted by atomic mass is 16.5. The van der Waals surface area contributed by atoms with Crippen LogP contribution in [0, 0.1) is 0 Å². The van der Waals surface area contributed by atoms with Crippen molar-refractivity contribution in [3.05, 3.63) is 58.7 Å². The Balaban J connectivity index is 1.84. The highest BCUT2D eigenvalue weighted by Crippen LogP contribution is 2.47. The number of hydrogen-bond donors (Lipinski definition) is 0. The van der Waals surface area contributed by atoms with Crippen LogP contribution in [0.3, 0.4) is 0 Å². The lowest BCUT2D eigenvalue weighted by molar-refractivity contribution is -0.133. The van der Waals surface area contributed by atoms with Gasteiger partial charge < -0.3 is 18.9 Å². The zero-order valence-electron chi connectivity index (χ0n) is 20.4. The molecule has 3 rings (SSSR count). The SMILES string of the molecule is COCCOCCOc1ccc(C2C(=O)Oc3c2cc(C(C)(C)C)cc3C(C)(C)C)cc1. The van der Waals surface area contributed by atoms with Crippen molar-refractivity contribution < 1.29 is 23.7 Å². The normalized spacial score (nSPS) is 16.1. The maximum absolute atomic E-state index is 13.0. The van der Waals surface area contributed by atoms with Gasteiger partial charge in [-0.15, -0.1) is 0 Å². The molecule has 0 radical (unpaired) electrons. The Morgan fingerprint density at radius 1 is 0.875 bits per heavy atom. The molecule has 2 aromatic carbocycles. The summed E-state index contributed by atoms with van der Waals surface area (Å²) in [4.78, 5) is 13.0. The number of esters is 1. The molecule has 0 fully saturated rings. The lowest BCUT2D eigenvalue weighted by atomic mass is 9.77. The monoisotopic (exact) mass is 440 g/mol. The van der Waals surface area contributed by atoms with Crippen molar-refractivity contribution in [1.29, 1.82) is 0 Å². The fourth-order valence-corrected chi connectivity index (χ4v) is 3.79. The number of fused-ring (bicyclic) bond motifs is 1. The molecule has 1 aliphatic heterocycles. The maximum atomic E-state index is 13.0. The van der Waals surface area contributed by atoms with E-state index in [9.17, 15) is 4.79 Å². The molecule has 5 heteroatoms. The van der Waals surface area contributed by atoms with Gasteiger partial charge in [-0.3, -0.25) is 4.79 Å². The smallest absolute Gasteiger partial charge is 0.323 e. The van der Waals surface area contributed by atoms with E-state index in [4.69, 9.17) is 18.9 Å². The summed E-state index contributed by atoms with van der Waals surface area (Å²) in [6.07, 6.45) is 0. The second kappa shape index (κ2) is 9.63. The largest absolute Gasteiger partial charge is 0.491 e. The first kappa shape index (κ1) is 24.3. The molecule has 174 valence electrons. The third kappa shape index (κ3) is 5.51. The van der Waals surface area contributed by atoms with Crippen molar-refractivity contribution in [2.45, 2.75) is 58.3 Å². The Morgan fingerprint density at radius 3 is 2.12 bits per heavy atom. The Morgan fingerprint density at radius 2 is 1.53 bits per heavy atom. The van der Waals surface area contributed by atoms with Crippen molar-refractivity contribution in [3.63, 3.8) is 0 Å². The van der Waals surface area contributed by atoms with E-state index in [0.29, 0.717) is 32.2 Å². The molecule has 0 saturated heterocycles. The lowest BCUT2D eigenvalue weighted by Crippen LogP contribution is -2.17. The molecule has 1 aliphatic rings. The molecule has 1 heterocycles. The summed E-state index contributed by atoms with van der Waals surface area (Å²) in [5, 5.41) is 0. The van der Waals surface area contributed by atoms with Gasteiger partial charge in [-0.25, -0.2) is 0 Å². The predicted octanol–water partition coefficient (Wildman–Crippen LogP) is 5.37. The predicted molar refractivity (Wildman–Crippen MR) is 126 cm³/mol. The molecule has 0 N–H and O–H groups in total. The van der Waals surface area contributed by atoms with Gasteiger partial charge in [0.1, 0.15) is 24.0 Å². The van der Waals surface area contributed by atoms with E-state index in [1.165, 1.54) is 5.56 Å². The van der Waals surface area contributed by atoms with Crippen molar-refractivity contribution in [3.8, 4) is 11.5 Å². The minimum atomic E-state index is -0.431. The average molecular weight is 441 g/mol. The molecule has 0 spiro atoms. The van der Waals surface area contributed by atoms with Gasteiger partial charge in [0.15, 0.2) is 0 Å². The number of rotatable bonds is 8. The van der Waals surface area contributed by atoms with Crippen LogP contribution in [0.4, 0.5) is 0 Å². The van der Waals surface area contributed by atoms with Crippen LogP contribution in [0.15, 0.2) is 36.4 Å². The Labute approximate surface area is 192 Å². The summed E-state index contributed by atoms with van der Waals surface area (Å²) in [5.41, 5.74) is 3.97. The molecule has 1 atom stereocenters. The van der Waals surface area contributed by atoms with Crippen LogP contribution in [0.25, 0.3) is 0 Å². The molecular formula is C27H36O5. The number of hydrogen-bond acceptors (Lipinski definition) is 5. The summed E-state index contributed by atoms with van der Waals surface area (Å²) in [6, 6.07) is 12.0. The van der Waals surface area contributed by atoms with Crippen LogP contribution in [0.2, 0.25) is 0 Å². The highest BCUT2D eigenvalue weighted by Gasteiger charge is 2.39. The molecule has 2 aromatic rings. The van der Waals surface area contributed by atoms with Crippen LogP contribution in [0.1, 0.15) is 69.7 Å². The quantitative estimate of drug-likeness (QED) is 0.314. The first-order valence-electron chi connectivity index (χ1n) is 11.2. The Kier molecular flexibility index (Phi) is 7.31. The van der Waals surface area contributed by atoms with Crippen LogP contribution >= 0.6 is 0 Å². The number of ether oxygens (including phenoxy) is 4. The molecule has 32 heavy (non-hydrogen) atoms. The molecule has 1 unspecified atom stereocenters. The van der Waals surface area contributed by atoms with Gasteiger partial charge in [0.2, 0.25) is 0 Å². The topological polar surface area (TPSA) is 54.0 Å². The van der Waals surface area contributed by atoms with E-state index in [2.05, 4.69) is 53.7 Å². The molecule has 0 aromatic heterocycles. The van der Waals surface area contributed by atoms with Gasteiger partial charge in [0, 0.05) is 18.2 Å². The maximum Gasteiger partial charge on any atom is 0.323 e. The van der Waals surface area contributed by atoms with E-state index in [1.807, 2.05) is 24.3 Å². The summed E-state index contributed by atoms with van der Waals surface area (Å²) in [7, 11) is 1.65. The minimum Gasteiger partial charge on any atom is -0.491 e. The van der Waals surface area contributed by atoms with E-state index in [-0.39, 0.29) is 16.8 Å². The fourth-order valence-electron chi connectivity index (χ4n) is 3.79. The number of carbonyl (C=O) groups excluding carboxylic acids is 1. The minimum absolute atomic E-state index is 0.0335. The van der Waals surface area contributed by atoms with E-state index in [1.54, 1.807) is 7.11 Å². The third-order valence-electron chi connectivity index (χ3n) is 5.68. The first-order valence-corrected chi connectivity index (χ1v) is 11.2. The zero-order valence-corrected chi connectivity index (χ0v) is 20.4. The molecule has 0 saturated carbocycles. The Bertz CT molecular complexity index is 932. The standard InChI is InChI=1S/C27H36O5/c1-26(2,3)19-16-21-23(25(28)32-24(21)22(17-19)27(4,5)6)18-8-10-20(11-9-18)31-15-14-30-13-12-29-7/h8-11,16-17,23H,12-15H2,1-7H3. The highest BCUT2D eigenvalue weighted by molar-refractivity contribution is 5.90. The average Bonchev–Trinajstić information content (AvgIpc) is 3.04. The number of methoxy groups -OCH3 is 1. The number of carbonyl (C=O) groups is 1.